The second-order valence-electron chi connectivity index (χ2n) is 7.05. The van der Waals surface area contributed by atoms with Gasteiger partial charge in [0.15, 0.2) is 0 Å². The fourth-order valence-electron chi connectivity index (χ4n) is 3.22. The summed E-state index contributed by atoms with van der Waals surface area (Å²) in [5.74, 6) is 0.441. The lowest BCUT2D eigenvalue weighted by Crippen LogP contribution is -2.42. The Morgan fingerprint density at radius 3 is 2.40 bits per heavy atom. The summed E-state index contributed by atoms with van der Waals surface area (Å²) in [6, 6.07) is 20.7. The number of hydrogen-bond acceptors (Lipinski definition) is 3. The minimum absolute atomic E-state index is 0.0206. The Morgan fingerprint density at radius 1 is 0.933 bits per heavy atom. The van der Waals surface area contributed by atoms with Crippen molar-refractivity contribution in [2.24, 2.45) is 0 Å². The quantitative estimate of drug-likeness (QED) is 0.437. The molecule has 3 aromatic rings. The second kappa shape index (κ2) is 10.8. The summed E-state index contributed by atoms with van der Waals surface area (Å²) in [7, 11) is 0. The third kappa shape index (κ3) is 6.07. The van der Waals surface area contributed by atoms with Crippen LogP contribution in [0.4, 0.5) is 0 Å². The van der Waals surface area contributed by atoms with Gasteiger partial charge in [0.2, 0.25) is 5.91 Å². The molecule has 3 rings (SSSR count). The number of hydrogen-bond donors (Lipinski definition) is 0. The average molecular weight is 469 g/mol. The van der Waals surface area contributed by atoms with E-state index in [0.717, 1.165) is 16.5 Å². The summed E-state index contributed by atoms with van der Waals surface area (Å²) in [5.41, 5.74) is 1.59. The highest BCUT2D eigenvalue weighted by molar-refractivity contribution is 9.10. The molecule has 30 heavy (non-hydrogen) atoms. The van der Waals surface area contributed by atoms with E-state index < -0.39 is 0 Å². The highest BCUT2D eigenvalue weighted by atomic mass is 79.9. The highest BCUT2D eigenvalue weighted by Gasteiger charge is 2.23. The van der Waals surface area contributed by atoms with Gasteiger partial charge in [-0.1, -0.05) is 59.3 Å². The second-order valence-corrected chi connectivity index (χ2v) is 7.97. The topological polar surface area (TPSA) is 53.8 Å². The van der Waals surface area contributed by atoms with Crippen LogP contribution in [0.1, 0.15) is 35.0 Å². The van der Waals surface area contributed by atoms with Gasteiger partial charge in [0, 0.05) is 23.1 Å². The van der Waals surface area contributed by atoms with E-state index in [-0.39, 0.29) is 18.4 Å². The molecule has 0 saturated carbocycles. The highest BCUT2D eigenvalue weighted by Crippen LogP contribution is 2.16. The molecule has 0 radical (unpaired) electrons. The van der Waals surface area contributed by atoms with Crippen molar-refractivity contribution in [1.29, 1.82) is 0 Å². The number of carbonyl (C=O) groups excluding carboxylic acids is 2. The molecule has 0 unspecified atom stereocenters. The first-order valence-electron chi connectivity index (χ1n) is 9.95. The van der Waals surface area contributed by atoms with Gasteiger partial charge in [-0.25, -0.2) is 0 Å². The first-order chi connectivity index (χ1) is 14.6. The van der Waals surface area contributed by atoms with Crippen molar-refractivity contribution >= 4 is 27.7 Å². The molecule has 5 nitrogen and oxygen atoms in total. The molecule has 1 heterocycles. The smallest absolute Gasteiger partial charge is 0.254 e. The summed E-state index contributed by atoms with van der Waals surface area (Å²) >= 11 is 3.41. The number of halogens is 1. The fourth-order valence-corrected chi connectivity index (χ4v) is 3.62. The normalized spacial score (nSPS) is 10.6. The van der Waals surface area contributed by atoms with Crippen molar-refractivity contribution in [3.63, 3.8) is 0 Å². The maximum atomic E-state index is 13.2. The molecular formula is C24H25BrN2O3. The lowest BCUT2D eigenvalue weighted by atomic mass is 10.2. The van der Waals surface area contributed by atoms with E-state index in [1.54, 1.807) is 34.3 Å². The summed E-state index contributed by atoms with van der Waals surface area (Å²) in [4.78, 5) is 29.6. The van der Waals surface area contributed by atoms with E-state index in [0.29, 0.717) is 31.0 Å². The first kappa shape index (κ1) is 21.8. The molecule has 1 aromatic heterocycles. The Bertz CT molecular complexity index is 958. The van der Waals surface area contributed by atoms with E-state index in [2.05, 4.69) is 15.9 Å². The molecule has 0 aliphatic rings. The molecule has 0 aliphatic carbocycles. The third-order valence-corrected chi connectivity index (χ3v) is 5.17. The summed E-state index contributed by atoms with van der Waals surface area (Å²) in [5, 5.41) is 0. The SMILES string of the molecule is CCCN(CC(=O)N(Cc1ccccc1)Cc1ccco1)C(=O)c1cccc(Br)c1. The summed E-state index contributed by atoms with van der Waals surface area (Å²) < 4.78 is 6.29. The standard InChI is InChI=1S/C24H25BrN2O3/c1-2-13-26(24(29)20-10-6-11-21(25)15-20)18-23(28)27(17-22-12-7-14-30-22)16-19-8-4-3-5-9-19/h3-12,14-15H,2,13,16-18H2,1H3. The van der Waals surface area contributed by atoms with Crippen LogP contribution < -0.4 is 0 Å². The molecule has 0 fully saturated rings. The van der Waals surface area contributed by atoms with Crippen LogP contribution >= 0.6 is 15.9 Å². The molecule has 2 aromatic carbocycles. The Balaban J connectivity index is 1.77. The van der Waals surface area contributed by atoms with Crippen molar-refractivity contribution < 1.29 is 14.0 Å². The number of rotatable bonds is 9. The maximum Gasteiger partial charge on any atom is 0.254 e. The van der Waals surface area contributed by atoms with Gasteiger partial charge in [-0.15, -0.1) is 0 Å². The maximum absolute atomic E-state index is 13.2. The van der Waals surface area contributed by atoms with Gasteiger partial charge in [-0.05, 0) is 42.3 Å². The van der Waals surface area contributed by atoms with Crippen LogP contribution in [0, 0.1) is 0 Å². The number of nitrogens with zero attached hydrogens (tertiary/aromatic N) is 2. The Morgan fingerprint density at radius 2 is 1.73 bits per heavy atom. The minimum atomic E-state index is -0.149. The van der Waals surface area contributed by atoms with Crippen molar-refractivity contribution in [3.8, 4) is 0 Å². The van der Waals surface area contributed by atoms with Gasteiger partial charge in [-0.2, -0.15) is 0 Å². The zero-order valence-electron chi connectivity index (χ0n) is 17.0. The first-order valence-corrected chi connectivity index (χ1v) is 10.7. The van der Waals surface area contributed by atoms with Crippen LogP contribution in [-0.4, -0.2) is 34.7 Å². The zero-order chi connectivity index (χ0) is 21.3. The molecule has 0 N–H and O–H groups in total. The molecular weight excluding hydrogens is 444 g/mol. The van der Waals surface area contributed by atoms with E-state index in [1.807, 2.05) is 55.5 Å². The van der Waals surface area contributed by atoms with Gasteiger partial charge in [0.1, 0.15) is 12.3 Å². The fraction of sp³-hybridized carbons (Fsp3) is 0.250. The summed E-state index contributed by atoms with van der Waals surface area (Å²) in [6.07, 6.45) is 2.37. The average Bonchev–Trinajstić information content (AvgIpc) is 3.26. The van der Waals surface area contributed by atoms with E-state index in [4.69, 9.17) is 4.42 Å². The largest absolute Gasteiger partial charge is 0.467 e. The van der Waals surface area contributed by atoms with Crippen LogP contribution in [0.5, 0.6) is 0 Å². The van der Waals surface area contributed by atoms with Gasteiger partial charge < -0.3 is 14.2 Å². The van der Waals surface area contributed by atoms with Crippen molar-refractivity contribution in [3.05, 3.63) is 94.4 Å². The third-order valence-electron chi connectivity index (χ3n) is 4.67. The van der Waals surface area contributed by atoms with Crippen molar-refractivity contribution in [2.75, 3.05) is 13.1 Å². The van der Waals surface area contributed by atoms with Crippen LogP contribution in [0.15, 0.2) is 81.9 Å². The van der Waals surface area contributed by atoms with Crippen molar-refractivity contribution in [1.82, 2.24) is 9.80 Å². The van der Waals surface area contributed by atoms with E-state index in [1.165, 1.54) is 0 Å². The number of furan rings is 1. The predicted octanol–water partition coefficient (Wildman–Crippen LogP) is 5.12. The Labute approximate surface area is 185 Å². The van der Waals surface area contributed by atoms with Gasteiger partial charge >= 0.3 is 0 Å². The van der Waals surface area contributed by atoms with Crippen LogP contribution in [0.25, 0.3) is 0 Å². The molecule has 0 spiro atoms. The molecule has 0 bridgehead atoms. The lowest BCUT2D eigenvalue weighted by molar-refractivity contribution is -0.133. The van der Waals surface area contributed by atoms with Crippen LogP contribution in [0.2, 0.25) is 0 Å². The number of carbonyl (C=O) groups is 2. The predicted molar refractivity (Wildman–Crippen MR) is 120 cm³/mol. The molecule has 2 amide bonds. The Kier molecular flexibility index (Phi) is 7.85. The summed E-state index contributed by atoms with van der Waals surface area (Å²) in [6.45, 7) is 3.33. The zero-order valence-corrected chi connectivity index (χ0v) is 18.5. The number of amides is 2. The van der Waals surface area contributed by atoms with Gasteiger partial charge in [0.25, 0.3) is 5.91 Å². The van der Waals surface area contributed by atoms with E-state index in [9.17, 15) is 9.59 Å². The van der Waals surface area contributed by atoms with Gasteiger partial charge in [-0.3, -0.25) is 9.59 Å². The minimum Gasteiger partial charge on any atom is -0.467 e. The van der Waals surface area contributed by atoms with Crippen molar-refractivity contribution in [2.45, 2.75) is 26.4 Å². The lowest BCUT2D eigenvalue weighted by Gasteiger charge is -2.27. The van der Waals surface area contributed by atoms with Crippen LogP contribution in [-0.2, 0) is 17.9 Å². The van der Waals surface area contributed by atoms with Gasteiger partial charge in [0.05, 0.1) is 12.8 Å². The monoisotopic (exact) mass is 468 g/mol. The molecule has 0 saturated heterocycles. The Hall–Kier alpha value is -2.86. The van der Waals surface area contributed by atoms with E-state index >= 15 is 0 Å². The van der Waals surface area contributed by atoms with Crippen LogP contribution in [0.3, 0.4) is 0 Å². The number of benzene rings is 2. The molecule has 156 valence electrons. The molecule has 0 aliphatic heterocycles. The molecule has 6 heteroatoms. The molecule has 0 atom stereocenters.